The van der Waals surface area contributed by atoms with Gasteiger partial charge in [0, 0.05) is 25.6 Å². The number of rotatable bonds is 9. The molecule has 0 aliphatic carbocycles. The number of likely N-dealkylation sites (tertiary alicyclic amines) is 1. The van der Waals surface area contributed by atoms with Crippen molar-refractivity contribution in [3.8, 4) is 0 Å². The van der Waals surface area contributed by atoms with E-state index in [9.17, 15) is 14.4 Å². The van der Waals surface area contributed by atoms with E-state index in [2.05, 4.69) is 22.5 Å². The molecule has 2 aliphatic rings. The molecule has 2 atom stereocenters. The summed E-state index contributed by atoms with van der Waals surface area (Å²) in [6, 6.07) is 9.21. The third kappa shape index (κ3) is 5.10. The first kappa shape index (κ1) is 20.3. The number of amides is 4. The van der Waals surface area contributed by atoms with Crippen molar-refractivity contribution in [3.05, 3.63) is 35.9 Å². The van der Waals surface area contributed by atoms with Gasteiger partial charge in [0.2, 0.25) is 5.91 Å². The highest BCUT2D eigenvalue weighted by atomic mass is 16.2. The average Bonchev–Trinajstić information content (AvgIpc) is 3.27. The number of carbonyl (C=O) groups excluding carboxylic acids is 3. The highest BCUT2D eigenvalue weighted by molar-refractivity contribution is 6.04. The van der Waals surface area contributed by atoms with Crippen LogP contribution in [0.25, 0.3) is 0 Å². The molecule has 1 aromatic rings. The SMILES string of the molecule is CCN1CCC[C@H]1CNC(=O)CC[C@H]1NC(=O)N(CCc2ccccc2)C1=O. The summed E-state index contributed by atoms with van der Waals surface area (Å²) in [4.78, 5) is 40.4. The van der Waals surface area contributed by atoms with E-state index in [1.807, 2.05) is 30.3 Å². The van der Waals surface area contributed by atoms with E-state index in [1.54, 1.807) is 0 Å². The minimum atomic E-state index is -0.604. The van der Waals surface area contributed by atoms with E-state index >= 15 is 0 Å². The summed E-state index contributed by atoms with van der Waals surface area (Å²) < 4.78 is 0. The van der Waals surface area contributed by atoms with Crippen LogP contribution < -0.4 is 10.6 Å². The molecule has 2 fully saturated rings. The molecule has 0 aromatic heterocycles. The van der Waals surface area contributed by atoms with E-state index in [0.717, 1.165) is 25.1 Å². The molecule has 28 heavy (non-hydrogen) atoms. The van der Waals surface area contributed by atoms with Crippen molar-refractivity contribution in [1.29, 1.82) is 0 Å². The van der Waals surface area contributed by atoms with Gasteiger partial charge in [0.05, 0.1) is 0 Å². The first-order valence-corrected chi connectivity index (χ1v) is 10.2. The highest BCUT2D eigenvalue weighted by Crippen LogP contribution is 2.16. The van der Waals surface area contributed by atoms with Gasteiger partial charge in [-0.3, -0.25) is 19.4 Å². The normalized spacial score (nSPS) is 22.5. The fourth-order valence-corrected chi connectivity index (χ4v) is 4.01. The molecule has 7 nitrogen and oxygen atoms in total. The zero-order valence-corrected chi connectivity index (χ0v) is 16.5. The van der Waals surface area contributed by atoms with E-state index in [0.29, 0.717) is 32.0 Å². The van der Waals surface area contributed by atoms with Crippen LogP contribution in [0.2, 0.25) is 0 Å². The summed E-state index contributed by atoms with van der Waals surface area (Å²) in [6.45, 7) is 5.24. The Hall–Kier alpha value is -2.41. The van der Waals surface area contributed by atoms with Crippen LogP contribution in [0.3, 0.4) is 0 Å². The summed E-state index contributed by atoms with van der Waals surface area (Å²) in [5.41, 5.74) is 1.08. The van der Waals surface area contributed by atoms with Crippen LogP contribution in [0.1, 0.15) is 38.2 Å². The second-order valence-electron chi connectivity index (χ2n) is 7.49. The number of likely N-dealkylation sites (N-methyl/N-ethyl adjacent to an activating group) is 1. The Morgan fingerprint density at radius 3 is 2.79 bits per heavy atom. The van der Waals surface area contributed by atoms with Gasteiger partial charge >= 0.3 is 6.03 Å². The molecule has 2 aliphatic heterocycles. The first-order chi connectivity index (χ1) is 13.6. The lowest BCUT2D eigenvalue weighted by Gasteiger charge is -2.22. The summed E-state index contributed by atoms with van der Waals surface area (Å²) in [5, 5.41) is 5.69. The Morgan fingerprint density at radius 2 is 2.04 bits per heavy atom. The zero-order chi connectivity index (χ0) is 19.9. The number of hydrogen-bond donors (Lipinski definition) is 2. The molecule has 2 N–H and O–H groups in total. The molecule has 1 aromatic carbocycles. The van der Waals surface area contributed by atoms with Gasteiger partial charge in [-0.2, -0.15) is 0 Å². The molecular formula is C21H30N4O3. The summed E-state index contributed by atoms with van der Waals surface area (Å²) >= 11 is 0. The third-order valence-electron chi connectivity index (χ3n) is 5.67. The Bertz CT molecular complexity index is 694. The molecular weight excluding hydrogens is 356 g/mol. The summed E-state index contributed by atoms with van der Waals surface area (Å²) in [5.74, 6) is -0.297. The van der Waals surface area contributed by atoms with Crippen molar-refractivity contribution in [3.63, 3.8) is 0 Å². The molecule has 2 saturated heterocycles. The van der Waals surface area contributed by atoms with Crippen LogP contribution in [0, 0.1) is 0 Å². The monoisotopic (exact) mass is 386 g/mol. The lowest BCUT2D eigenvalue weighted by Crippen LogP contribution is -2.40. The maximum atomic E-state index is 12.5. The number of benzene rings is 1. The van der Waals surface area contributed by atoms with Crippen LogP contribution in [-0.4, -0.2) is 65.9 Å². The number of hydrogen-bond acceptors (Lipinski definition) is 4. The van der Waals surface area contributed by atoms with Gasteiger partial charge in [-0.15, -0.1) is 0 Å². The minimum absolute atomic E-state index is 0.0623. The first-order valence-electron chi connectivity index (χ1n) is 10.2. The number of carbonyl (C=O) groups is 3. The van der Waals surface area contributed by atoms with Gasteiger partial charge in [0.25, 0.3) is 5.91 Å². The number of nitrogens with one attached hydrogen (secondary N) is 2. The molecule has 0 bridgehead atoms. The van der Waals surface area contributed by atoms with Crippen molar-refractivity contribution in [2.24, 2.45) is 0 Å². The molecule has 0 saturated carbocycles. The predicted octanol–water partition coefficient (Wildman–Crippen LogP) is 1.53. The van der Waals surface area contributed by atoms with Crippen LogP contribution >= 0.6 is 0 Å². The van der Waals surface area contributed by atoms with Gasteiger partial charge in [-0.05, 0) is 44.3 Å². The molecule has 0 spiro atoms. The summed E-state index contributed by atoms with van der Waals surface area (Å²) in [6.07, 6.45) is 3.49. The molecule has 152 valence electrons. The second kappa shape index (κ2) is 9.68. The third-order valence-corrected chi connectivity index (χ3v) is 5.67. The lowest BCUT2D eigenvalue weighted by molar-refractivity contribution is -0.127. The molecule has 4 amide bonds. The maximum absolute atomic E-state index is 12.5. The standard InChI is InChI=1S/C21H30N4O3/c1-2-24-13-6-9-17(24)15-22-19(26)11-10-18-20(27)25(21(28)23-18)14-12-16-7-4-3-5-8-16/h3-5,7-8,17-18H,2,6,9-15H2,1H3,(H,22,26)(H,23,28)/t17-,18+/m0/s1. The van der Waals surface area contributed by atoms with E-state index in [4.69, 9.17) is 0 Å². The molecule has 3 rings (SSSR count). The van der Waals surface area contributed by atoms with Gasteiger partial charge in [-0.25, -0.2) is 4.79 Å². The smallest absolute Gasteiger partial charge is 0.324 e. The highest BCUT2D eigenvalue weighted by Gasteiger charge is 2.37. The maximum Gasteiger partial charge on any atom is 0.324 e. The van der Waals surface area contributed by atoms with Crippen LogP contribution in [0.5, 0.6) is 0 Å². The van der Waals surface area contributed by atoms with Crippen molar-refractivity contribution < 1.29 is 14.4 Å². The van der Waals surface area contributed by atoms with Gasteiger partial charge in [-0.1, -0.05) is 37.3 Å². The van der Waals surface area contributed by atoms with Crippen LogP contribution in [0.4, 0.5) is 4.79 Å². The van der Waals surface area contributed by atoms with Crippen molar-refractivity contribution >= 4 is 17.8 Å². The second-order valence-corrected chi connectivity index (χ2v) is 7.49. The van der Waals surface area contributed by atoms with Crippen molar-refractivity contribution in [1.82, 2.24) is 20.4 Å². The Kier molecular flexibility index (Phi) is 7.03. The number of imide groups is 1. The van der Waals surface area contributed by atoms with E-state index in [1.165, 1.54) is 11.3 Å². The molecule has 7 heteroatoms. The minimum Gasteiger partial charge on any atom is -0.355 e. The van der Waals surface area contributed by atoms with Gasteiger partial charge in [0.1, 0.15) is 6.04 Å². The number of nitrogens with zero attached hydrogens (tertiary/aromatic N) is 2. The van der Waals surface area contributed by atoms with E-state index in [-0.39, 0.29) is 24.3 Å². The summed E-state index contributed by atoms with van der Waals surface area (Å²) in [7, 11) is 0. The Balaban J connectivity index is 1.40. The molecule has 0 unspecified atom stereocenters. The van der Waals surface area contributed by atoms with Crippen LogP contribution in [-0.2, 0) is 16.0 Å². The average molecular weight is 386 g/mol. The fourth-order valence-electron chi connectivity index (χ4n) is 4.01. The van der Waals surface area contributed by atoms with Gasteiger partial charge < -0.3 is 10.6 Å². The number of urea groups is 1. The Labute approximate surface area is 166 Å². The van der Waals surface area contributed by atoms with E-state index < -0.39 is 6.04 Å². The molecule has 2 heterocycles. The van der Waals surface area contributed by atoms with Crippen molar-refractivity contribution in [2.45, 2.75) is 51.1 Å². The molecule has 0 radical (unpaired) electrons. The van der Waals surface area contributed by atoms with Crippen molar-refractivity contribution in [2.75, 3.05) is 26.2 Å². The van der Waals surface area contributed by atoms with Gasteiger partial charge in [0.15, 0.2) is 0 Å². The predicted molar refractivity (Wildman–Crippen MR) is 107 cm³/mol. The Morgan fingerprint density at radius 1 is 1.25 bits per heavy atom. The lowest BCUT2D eigenvalue weighted by atomic mass is 10.1. The zero-order valence-electron chi connectivity index (χ0n) is 16.5. The quantitative estimate of drug-likeness (QED) is 0.631. The largest absolute Gasteiger partial charge is 0.355 e. The fraction of sp³-hybridized carbons (Fsp3) is 0.571. The topological polar surface area (TPSA) is 81.8 Å². The van der Waals surface area contributed by atoms with Crippen LogP contribution in [0.15, 0.2) is 30.3 Å².